The molecule has 4 rings (SSSR count). The van der Waals surface area contributed by atoms with E-state index in [0.29, 0.717) is 24.3 Å². The smallest absolute Gasteiger partial charge is 0.222 e. The summed E-state index contributed by atoms with van der Waals surface area (Å²) in [5.41, 5.74) is 3.97. The summed E-state index contributed by atoms with van der Waals surface area (Å²) in [6.07, 6.45) is 11.0. The summed E-state index contributed by atoms with van der Waals surface area (Å²) in [4.78, 5) is 21.2. The summed E-state index contributed by atoms with van der Waals surface area (Å²) in [5.74, 6) is 0.300. The van der Waals surface area contributed by atoms with Crippen molar-refractivity contribution in [3.8, 4) is 0 Å². The molecule has 2 fully saturated rings. The number of carbonyl (C=O) groups excluding carboxylic acids is 1. The van der Waals surface area contributed by atoms with Gasteiger partial charge in [0.05, 0.1) is 5.69 Å². The molecule has 156 valence electrons. The number of nitrogens with zero attached hydrogens (tertiary/aromatic N) is 5. The van der Waals surface area contributed by atoms with E-state index in [9.17, 15) is 4.79 Å². The Bertz CT molecular complexity index is 823. The van der Waals surface area contributed by atoms with E-state index in [-0.39, 0.29) is 0 Å². The number of likely N-dealkylation sites (tertiary alicyclic amines) is 2. The van der Waals surface area contributed by atoms with Crippen molar-refractivity contribution in [2.75, 3.05) is 19.6 Å². The number of aromatic nitrogens is 3. The van der Waals surface area contributed by atoms with Crippen LogP contribution in [0.25, 0.3) is 0 Å². The van der Waals surface area contributed by atoms with Crippen LogP contribution < -0.4 is 0 Å². The third-order valence-corrected chi connectivity index (χ3v) is 6.68. The van der Waals surface area contributed by atoms with E-state index in [1.54, 1.807) is 0 Å². The standard InChI is InChI=1S/C23H33N5O/c1-3-12-28-17-21(19(2)25-28)16-26-13-8-23(9-14-26)7-4-22(29)27(18-23)15-20-5-10-24-11-6-20/h5-6,10-11,17H,3-4,7-9,12-16,18H2,1-2H3. The number of carbonyl (C=O) groups is 1. The lowest BCUT2D eigenvalue weighted by molar-refractivity contribution is -0.140. The van der Waals surface area contributed by atoms with Crippen LogP contribution in [-0.2, 0) is 24.4 Å². The topological polar surface area (TPSA) is 54.3 Å². The molecule has 6 nitrogen and oxygen atoms in total. The molecule has 29 heavy (non-hydrogen) atoms. The normalized spacial score (nSPS) is 19.8. The van der Waals surface area contributed by atoms with Crippen LogP contribution >= 0.6 is 0 Å². The molecular weight excluding hydrogens is 362 g/mol. The Labute approximate surface area is 173 Å². The molecule has 4 heterocycles. The van der Waals surface area contributed by atoms with Crippen LogP contribution in [-0.4, -0.2) is 50.1 Å². The van der Waals surface area contributed by atoms with Crippen LogP contribution in [0.2, 0.25) is 0 Å². The van der Waals surface area contributed by atoms with E-state index in [1.807, 2.05) is 24.5 Å². The summed E-state index contributed by atoms with van der Waals surface area (Å²) in [6.45, 7) is 10.1. The Kier molecular flexibility index (Phi) is 5.99. The Morgan fingerprint density at radius 1 is 1.10 bits per heavy atom. The highest BCUT2D eigenvalue weighted by atomic mass is 16.2. The molecule has 0 aliphatic carbocycles. The van der Waals surface area contributed by atoms with Gasteiger partial charge in [0.25, 0.3) is 0 Å². The average molecular weight is 396 g/mol. The molecule has 0 radical (unpaired) electrons. The minimum atomic E-state index is 0.291. The third-order valence-electron chi connectivity index (χ3n) is 6.68. The summed E-state index contributed by atoms with van der Waals surface area (Å²) in [7, 11) is 0. The minimum absolute atomic E-state index is 0.291. The molecular formula is C23H33N5O. The Balaban J connectivity index is 1.35. The molecule has 2 aromatic heterocycles. The molecule has 2 aliphatic heterocycles. The molecule has 6 heteroatoms. The largest absolute Gasteiger partial charge is 0.338 e. The van der Waals surface area contributed by atoms with Crippen molar-refractivity contribution in [2.24, 2.45) is 5.41 Å². The first-order chi connectivity index (χ1) is 14.1. The molecule has 2 saturated heterocycles. The average Bonchev–Trinajstić information content (AvgIpc) is 3.07. The van der Waals surface area contributed by atoms with Gasteiger partial charge in [-0.3, -0.25) is 19.4 Å². The Morgan fingerprint density at radius 3 is 2.59 bits per heavy atom. The van der Waals surface area contributed by atoms with Crippen LogP contribution in [0.15, 0.2) is 30.7 Å². The van der Waals surface area contributed by atoms with E-state index < -0.39 is 0 Å². The number of hydrogen-bond acceptors (Lipinski definition) is 4. The van der Waals surface area contributed by atoms with Gasteiger partial charge in [0, 0.05) is 56.8 Å². The lowest BCUT2D eigenvalue weighted by Crippen LogP contribution is -2.51. The minimum Gasteiger partial charge on any atom is -0.338 e. The maximum Gasteiger partial charge on any atom is 0.222 e. The SMILES string of the molecule is CCCn1cc(CN2CCC3(CCC(=O)N(Cc4ccncc4)C3)CC2)c(C)n1. The highest BCUT2D eigenvalue weighted by Crippen LogP contribution is 2.41. The lowest BCUT2D eigenvalue weighted by Gasteiger charge is -2.47. The van der Waals surface area contributed by atoms with Gasteiger partial charge in [-0.1, -0.05) is 6.92 Å². The van der Waals surface area contributed by atoms with Crippen molar-refractivity contribution in [3.63, 3.8) is 0 Å². The fourth-order valence-electron chi connectivity index (χ4n) is 4.85. The second-order valence-electron chi connectivity index (χ2n) is 8.88. The Hall–Kier alpha value is -2.21. The maximum absolute atomic E-state index is 12.5. The first kappa shape index (κ1) is 20.1. The molecule has 2 aliphatic rings. The van der Waals surface area contributed by atoms with Crippen molar-refractivity contribution >= 4 is 5.91 Å². The molecule has 1 spiro atoms. The first-order valence-electron chi connectivity index (χ1n) is 11.0. The molecule has 0 atom stereocenters. The predicted octanol–water partition coefficient (Wildman–Crippen LogP) is 3.40. The van der Waals surface area contributed by atoms with Crippen molar-refractivity contribution in [2.45, 2.75) is 65.6 Å². The van der Waals surface area contributed by atoms with Gasteiger partial charge < -0.3 is 4.90 Å². The van der Waals surface area contributed by atoms with E-state index in [0.717, 1.165) is 51.3 Å². The number of amides is 1. The number of rotatable bonds is 6. The molecule has 0 bridgehead atoms. The van der Waals surface area contributed by atoms with Crippen LogP contribution in [0.3, 0.4) is 0 Å². The van der Waals surface area contributed by atoms with Gasteiger partial charge in [-0.15, -0.1) is 0 Å². The Morgan fingerprint density at radius 2 is 1.86 bits per heavy atom. The monoisotopic (exact) mass is 395 g/mol. The molecule has 0 aromatic carbocycles. The predicted molar refractivity (Wildman–Crippen MR) is 113 cm³/mol. The summed E-state index contributed by atoms with van der Waals surface area (Å²) in [5, 5.41) is 4.65. The van der Waals surface area contributed by atoms with Gasteiger partial charge in [0.2, 0.25) is 5.91 Å². The first-order valence-corrected chi connectivity index (χ1v) is 11.0. The highest BCUT2D eigenvalue weighted by Gasteiger charge is 2.40. The lowest BCUT2D eigenvalue weighted by atomic mass is 9.72. The van der Waals surface area contributed by atoms with Gasteiger partial charge in [0.1, 0.15) is 0 Å². The summed E-state index contributed by atoms with van der Waals surface area (Å²) >= 11 is 0. The van der Waals surface area contributed by atoms with Crippen LogP contribution in [0.1, 0.15) is 55.8 Å². The number of pyridine rings is 1. The summed E-state index contributed by atoms with van der Waals surface area (Å²) in [6, 6.07) is 4.02. The fourth-order valence-corrected chi connectivity index (χ4v) is 4.85. The zero-order valence-corrected chi connectivity index (χ0v) is 17.8. The number of aryl methyl sites for hydroxylation is 2. The van der Waals surface area contributed by atoms with Gasteiger partial charge in [-0.2, -0.15) is 5.10 Å². The van der Waals surface area contributed by atoms with E-state index in [2.05, 4.69) is 44.6 Å². The molecule has 0 N–H and O–H groups in total. The quantitative estimate of drug-likeness (QED) is 0.752. The summed E-state index contributed by atoms with van der Waals surface area (Å²) < 4.78 is 2.08. The van der Waals surface area contributed by atoms with Crippen LogP contribution in [0, 0.1) is 12.3 Å². The molecule has 2 aromatic rings. The van der Waals surface area contributed by atoms with E-state index >= 15 is 0 Å². The van der Waals surface area contributed by atoms with Crippen molar-refractivity contribution in [3.05, 3.63) is 47.5 Å². The third kappa shape index (κ3) is 4.69. The van der Waals surface area contributed by atoms with Gasteiger partial charge in [-0.05, 0) is 68.8 Å². The van der Waals surface area contributed by atoms with Crippen molar-refractivity contribution in [1.82, 2.24) is 24.6 Å². The highest BCUT2D eigenvalue weighted by molar-refractivity contribution is 5.77. The number of hydrogen-bond donors (Lipinski definition) is 0. The maximum atomic E-state index is 12.5. The number of piperidine rings is 2. The van der Waals surface area contributed by atoms with Gasteiger partial charge in [0.15, 0.2) is 0 Å². The molecule has 1 amide bonds. The van der Waals surface area contributed by atoms with Crippen molar-refractivity contribution in [1.29, 1.82) is 0 Å². The van der Waals surface area contributed by atoms with E-state index in [4.69, 9.17) is 0 Å². The van der Waals surface area contributed by atoms with Crippen molar-refractivity contribution < 1.29 is 4.79 Å². The zero-order valence-electron chi connectivity index (χ0n) is 17.8. The molecule has 0 saturated carbocycles. The van der Waals surface area contributed by atoms with Crippen LogP contribution in [0.5, 0.6) is 0 Å². The zero-order chi connectivity index (χ0) is 20.3. The second kappa shape index (κ2) is 8.66. The van der Waals surface area contributed by atoms with E-state index in [1.165, 1.54) is 24.0 Å². The van der Waals surface area contributed by atoms with Gasteiger partial charge in [-0.25, -0.2) is 0 Å². The second-order valence-corrected chi connectivity index (χ2v) is 8.88. The van der Waals surface area contributed by atoms with Gasteiger partial charge >= 0.3 is 0 Å². The fraction of sp³-hybridized carbons (Fsp3) is 0.609. The molecule has 0 unspecified atom stereocenters. The van der Waals surface area contributed by atoms with Crippen LogP contribution in [0.4, 0.5) is 0 Å².